The van der Waals surface area contributed by atoms with Crippen LogP contribution in [0.25, 0.3) is 10.8 Å². The molecule has 3 nitrogen and oxygen atoms in total. The van der Waals surface area contributed by atoms with Gasteiger partial charge >= 0.3 is 0 Å². The summed E-state index contributed by atoms with van der Waals surface area (Å²) in [6.07, 6.45) is 0.927. The van der Waals surface area contributed by atoms with Gasteiger partial charge in [-0.2, -0.15) is 0 Å². The zero-order chi connectivity index (χ0) is 14.7. The van der Waals surface area contributed by atoms with E-state index in [-0.39, 0.29) is 5.56 Å². The van der Waals surface area contributed by atoms with Gasteiger partial charge in [0, 0.05) is 11.9 Å². The molecule has 0 fully saturated rings. The van der Waals surface area contributed by atoms with Gasteiger partial charge in [0.2, 0.25) is 0 Å². The molecule has 3 aromatic rings. The quantitative estimate of drug-likeness (QED) is 0.767. The van der Waals surface area contributed by atoms with E-state index in [1.165, 1.54) is 11.1 Å². The van der Waals surface area contributed by atoms with Crippen LogP contribution in [0.15, 0.2) is 59.4 Å². The number of aromatic amines is 1. The summed E-state index contributed by atoms with van der Waals surface area (Å²) >= 11 is 0. The number of pyridine rings is 1. The molecular weight excluding hydrogens is 260 g/mol. The fourth-order valence-electron chi connectivity index (χ4n) is 2.52. The second-order valence-corrected chi connectivity index (χ2v) is 5.27. The van der Waals surface area contributed by atoms with Gasteiger partial charge in [-0.05, 0) is 36.4 Å². The molecule has 2 aromatic carbocycles. The SMILES string of the molecule is Cc1cccc(CCNc2cc3ccccc3c(=O)[nH]2)c1. The van der Waals surface area contributed by atoms with Crippen molar-refractivity contribution in [1.29, 1.82) is 0 Å². The molecule has 1 heterocycles. The van der Waals surface area contributed by atoms with Gasteiger partial charge in [-0.15, -0.1) is 0 Å². The molecule has 1 aromatic heterocycles. The highest BCUT2D eigenvalue weighted by atomic mass is 16.1. The minimum absolute atomic E-state index is 0.0499. The smallest absolute Gasteiger partial charge is 0.257 e. The van der Waals surface area contributed by atoms with Crippen LogP contribution in [-0.2, 0) is 6.42 Å². The van der Waals surface area contributed by atoms with Crippen LogP contribution in [0.2, 0.25) is 0 Å². The van der Waals surface area contributed by atoms with E-state index in [1.807, 2.05) is 30.3 Å². The topological polar surface area (TPSA) is 44.9 Å². The fourth-order valence-corrected chi connectivity index (χ4v) is 2.52. The Morgan fingerprint density at radius 1 is 1.05 bits per heavy atom. The number of aryl methyl sites for hydroxylation is 1. The van der Waals surface area contributed by atoms with E-state index < -0.39 is 0 Å². The highest BCUT2D eigenvalue weighted by Gasteiger charge is 2.01. The Morgan fingerprint density at radius 2 is 1.90 bits per heavy atom. The molecule has 0 unspecified atom stereocenters. The van der Waals surface area contributed by atoms with E-state index in [4.69, 9.17) is 0 Å². The summed E-state index contributed by atoms with van der Waals surface area (Å²) in [4.78, 5) is 14.9. The van der Waals surface area contributed by atoms with Crippen LogP contribution in [0.3, 0.4) is 0 Å². The molecule has 21 heavy (non-hydrogen) atoms. The van der Waals surface area contributed by atoms with Crippen molar-refractivity contribution in [3.63, 3.8) is 0 Å². The maximum Gasteiger partial charge on any atom is 0.257 e. The molecule has 3 rings (SSSR count). The molecule has 0 saturated heterocycles. The number of rotatable bonds is 4. The first-order valence-corrected chi connectivity index (χ1v) is 7.14. The number of H-pyrrole nitrogens is 1. The second-order valence-electron chi connectivity index (χ2n) is 5.27. The lowest BCUT2D eigenvalue weighted by Crippen LogP contribution is -2.12. The number of benzene rings is 2. The van der Waals surface area contributed by atoms with Crippen molar-refractivity contribution in [2.45, 2.75) is 13.3 Å². The van der Waals surface area contributed by atoms with Crippen LogP contribution in [0.4, 0.5) is 5.82 Å². The predicted octanol–water partition coefficient (Wildman–Crippen LogP) is 3.49. The molecule has 2 N–H and O–H groups in total. The monoisotopic (exact) mass is 278 g/mol. The number of anilines is 1. The van der Waals surface area contributed by atoms with E-state index in [9.17, 15) is 4.79 Å². The van der Waals surface area contributed by atoms with Crippen molar-refractivity contribution >= 4 is 16.6 Å². The molecule has 0 amide bonds. The normalized spacial score (nSPS) is 10.7. The summed E-state index contributed by atoms with van der Waals surface area (Å²) in [5.74, 6) is 0.770. The van der Waals surface area contributed by atoms with Crippen LogP contribution < -0.4 is 10.9 Å². The van der Waals surface area contributed by atoms with Gasteiger partial charge in [-0.1, -0.05) is 48.0 Å². The molecule has 0 aliphatic rings. The molecule has 0 bridgehead atoms. The van der Waals surface area contributed by atoms with E-state index in [0.29, 0.717) is 0 Å². The average Bonchev–Trinajstić information content (AvgIpc) is 2.47. The molecular formula is C18H18N2O. The largest absolute Gasteiger partial charge is 0.371 e. The van der Waals surface area contributed by atoms with Crippen molar-refractivity contribution < 1.29 is 0 Å². The van der Waals surface area contributed by atoms with E-state index in [0.717, 1.165) is 29.6 Å². The first-order valence-electron chi connectivity index (χ1n) is 7.14. The summed E-state index contributed by atoms with van der Waals surface area (Å²) in [7, 11) is 0. The minimum atomic E-state index is -0.0499. The van der Waals surface area contributed by atoms with Gasteiger partial charge in [-0.3, -0.25) is 4.79 Å². The van der Waals surface area contributed by atoms with Gasteiger partial charge in [0.05, 0.1) is 0 Å². The van der Waals surface area contributed by atoms with Crippen LogP contribution in [0.1, 0.15) is 11.1 Å². The summed E-state index contributed by atoms with van der Waals surface area (Å²) in [6, 6.07) is 18.1. The average molecular weight is 278 g/mol. The first kappa shape index (κ1) is 13.4. The van der Waals surface area contributed by atoms with E-state index >= 15 is 0 Å². The van der Waals surface area contributed by atoms with Crippen molar-refractivity contribution in [2.24, 2.45) is 0 Å². The third-order valence-corrected chi connectivity index (χ3v) is 3.57. The van der Waals surface area contributed by atoms with Crippen molar-refractivity contribution in [3.05, 3.63) is 76.1 Å². The molecule has 0 aliphatic carbocycles. The Morgan fingerprint density at radius 3 is 2.76 bits per heavy atom. The molecule has 3 heteroatoms. The number of nitrogens with one attached hydrogen (secondary N) is 2. The van der Waals surface area contributed by atoms with Crippen molar-refractivity contribution in [1.82, 2.24) is 4.98 Å². The number of hydrogen-bond acceptors (Lipinski definition) is 2. The van der Waals surface area contributed by atoms with Crippen LogP contribution in [0, 0.1) is 6.92 Å². The zero-order valence-corrected chi connectivity index (χ0v) is 12.0. The summed E-state index contributed by atoms with van der Waals surface area (Å²) in [5, 5.41) is 4.97. The summed E-state index contributed by atoms with van der Waals surface area (Å²) < 4.78 is 0. The van der Waals surface area contributed by atoms with Gasteiger partial charge in [-0.25, -0.2) is 0 Å². The maximum atomic E-state index is 12.0. The summed E-state index contributed by atoms with van der Waals surface area (Å²) in [5.41, 5.74) is 2.52. The van der Waals surface area contributed by atoms with Crippen LogP contribution in [0.5, 0.6) is 0 Å². The highest BCUT2D eigenvalue weighted by molar-refractivity contribution is 5.83. The Kier molecular flexibility index (Phi) is 3.73. The van der Waals surface area contributed by atoms with Gasteiger partial charge in [0.25, 0.3) is 5.56 Å². The number of fused-ring (bicyclic) bond motifs is 1. The zero-order valence-electron chi connectivity index (χ0n) is 12.0. The number of aromatic nitrogens is 1. The van der Waals surface area contributed by atoms with Crippen molar-refractivity contribution in [2.75, 3.05) is 11.9 Å². The van der Waals surface area contributed by atoms with Crippen LogP contribution >= 0.6 is 0 Å². The van der Waals surface area contributed by atoms with E-state index in [1.54, 1.807) is 0 Å². The third kappa shape index (κ3) is 3.14. The highest BCUT2D eigenvalue weighted by Crippen LogP contribution is 2.13. The van der Waals surface area contributed by atoms with Gasteiger partial charge in [0.1, 0.15) is 5.82 Å². The Labute approximate surface area is 123 Å². The molecule has 0 aliphatic heterocycles. The second kappa shape index (κ2) is 5.83. The number of hydrogen-bond donors (Lipinski definition) is 2. The molecule has 0 saturated carbocycles. The Bertz CT molecular complexity index is 821. The van der Waals surface area contributed by atoms with E-state index in [2.05, 4.69) is 41.5 Å². The Balaban J connectivity index is 1.72. The Hall–Kier alpha value is -2.55. The minimum Gasteiger partial charge on any atom is -0.371 e. The van der Waals surface area contributed by atoms with Crippen molar-refractivity contribution in [3.8, 4) is 0 Å². The maximum absolute atomic E-state index is 12.0. The fraction of sp³-hybridized carbons (Fsp3) is 0.167. The molecule has 0 atom stereocenters. The summed E-state index contributed by atoms with van der Waals surface area (Å²) in [6.45, 7) is 2.88. The molecule has 0 spiro atoms. The van der Waals surface area contributed by atoms with Gasteiger partial charge in [0.15, 0.2) is 0 Å². The lowest BCUT2D eigenvalue weighted by atomic mass is 10.1. The predicted molar refractivity (Wildman–Crippen MR) is 87.9 cm³/mol. The molecule has 0 radical (unpaired) electrons. The van der Waals surface area contributed by atoms with Gasteiger partial charge < -0.3 is 10.3 Å². The lowest BCUT2D eigenvalue weighted by molar-refractivity contribution is 1.00. The first-order chi connectivity index (χ1) is 10.2. The standard InChI is InChI=1S/C18H18N2O/c1-13-5-4-6-14(11-13)9-10-19-17-12-15-7-2-3-8-16(15)18(21)20-17/h2-8,11-12H,9-10H2,1H3,(H2,19,20,21). The third-order valence-electron chi connectivity index (χ3n) is 3.57. The van der Waals surface area contributed by atoms with Crippen LogP contribution in [-0.4, -0.2) is 11.5 Å². The molecule has 106 valence electrons. The lowest BCUT2D eigenvalue weighted by Gasteiger charge is -2.08.